The number of nitrogens with zero attached hydrogens (tertiary/aromatic N) is 3. The number of halogens is 4. The Morgan fingerprint density at radius 2 is 1.57 bits per heavy atom. The third-order valence-electron chi connectivity index (χ3n) is 5.79. The molecule has 0 bridgehead atoms. The number of rotatable bonds is 8. The van der Waals surface area contributed by atoms with Crippen molar-refractivity contribution in [2.75, 3.05) is 23.7 Å². The molecule has 0 spiro atoms. The molecule has 0 fully saturated rings. The lowest BCUT2D eigenvalue weighted by molar-refractivity contribution is -0.137. The number of benzene rings is 3. The Labute approximate surface area is 228 Å². The number of urea groups is 1. The van der Waals surface area contributed by atoms with Gasteiger partial charge in [-0.05, 0) is 54.4 Å². The van der Waals surface area contributed by atoms with Gasteiger partial charge in [0.05, 0.1) is 16.9 Å². The van der Waals surface area contributed by atoms with Crippen LogP contribution in [0.4, 0.5) is 33.9 Å². The lowest BCUT2D eigenvalue weighted by atomic mass is 10.1. The van der Waals surface area contributed by atoms with Gasteiger partial charge in [0.2, 0.25) is 5.91 Å². The Morgan fingerprint density at radius 1 is 0.925 bits per heavy atom. The molecular formula is C29H27F4N5O2. The second-order valence-corrected chi connectivity index (χ2v) is 9.50. The number of hydrogen-bond donors (Lipinski definition) is 2. The van der Waals surface area contributed by atoms with Gasteiger partial charge in [-0.25, -0.2) is 13.9 Å². The van der Waals surface area contributed by atoms with E-state index in [1.165, 1.54) is 33.8 Å². The lowest BCUT2D eigenvalue weighted by Gasteiger charge is -2.24. The molecule has 0 saturated carbocycles. The highest BCUT2D eigenvalue weighted by Crippen LogP contribution is 2.30. The number of nitrogens with one attached hydrogen (secondary N) is 2. The van der Waals surface area contributed by atoms with Crippen LogP contribution in [0.5, 0.6) is 0 Å². The summed E-state index contributed by atoms with van der Waals surface area (Å²) in [5.41, 5.74) is 1.21. The van der Waals surface area contributed by atoms with E-state index in [4.69, 9.17) is 0 Å². The van der Waals surface area contributed by atoms with Crippen LogP contribution in [0.15, 0.2) is 84.9 Å². The van der Waals surface area contributed by atoms with Gasteiger partial charge in [0.25, 0.3) is 0 Å². The van der Waals surface area contributed by atoms with Crippen LogP contribution in [0, 0.1) is 11.7 Å². The number of amides is 3. The molecule has 0 radical (unpaired) electrons. The van der Waals surface area contributed by atoms with Crippen molar-refractivity contribution >= 4 is 23.4 Å². The van der Waals surface area contributed by atoms with Gasteiger partial charge < -0.3 is 15.5 Å². The summed E-state index contributed by atoms with van der Waals surface area (Å²) in [6.07, 6.45) is -4.49. The molecule has 1 heterocycles. The fraction of sp³-hybridized carbons (Fsp3) is 0.207. The molecule has 0 unspecified atom stereocenters. The summed E-state index contributed by atoms with van der Waals surface area (Å²) in [6, 6.07) is 20.0. The van der Waals surface area contributed by atoms with E-state index in [0.29, 0.717) is 17.2 Å². The summed E-state index contributed by atoms with van der Waals surface area (Å²) in [6.45, 7) is 3.62. The third-order valence-corrected chi connectivity index (χ3v) is 5.79. The van der Waals surface area contributed by atoms with Gasteiger partial charge in [0, 0.05) is 23.9 Å². The Morgan fingerprint density at radius 3 is 2.17 bits per heavy atom. The molecular weight excluding hydrogens is 526 g/mol. The molecule has 0 aliphatic carbocycles. The Balaban J connectivity index is 1.53. The molecule has 3 amide bonds. The number of hydrogen-bond acceptors (Lipinski definition) is 3. The summed E-state index contributed by atoms with van der Waals surface area (Å²) in [5, 5.41) is 9.91. The predicted octanol–water partition coefficient (Wildman–Crippen LogP) is 6.83. The van der Waals surface area contributed by atoms with Gasteiger partial charge >= 0.3 is 12.2 Å². The second-order valence-electron chi connectivity index (χ2n) is 9.50. The van der Waals surface area contributed by atoms with Crippen molar-refractivity contribution in [1.29, 1.82) is 0 Å². The van der Waals surface area contributed by atoms with Crippen molar-refractivity contribution in [3.63, 3.8) is 0 Å². The number of carbonyl (C=O) groups excluding carboxylic acids is 2. The molecule has 4 aromatic rings. The van der Waals surface area contributed by atoms with Crippen LogP contribution in [0.3, 0.4) is 0 Å². The molecule has 4 rings (SSSR count). The van der Waals surface area contributed by atoms with E-state index in [1.54, 1.807) is 6.07 Å². The molecule has 11 heteroatoms. The minimum atomic E-state index is -4.49. The first kappa shape index (κ1) is 28.3. The van der Waals surface area contributed by atoms with E-state index in [1.807, 2.05) is 44.2 Å². The van der Waals surface area contributed by atoms with E-state index >= 15 is 0 Å². The Kier molecular flexibility index (Phi) is 8.52. The number of carbonyl (C=O) groups is 2. The zero-order valence-electron chi connectivity index (χ0n) is 21.7. The monoisotopic (exact) mass is 553 g/mol. The van der Waals surface area contributed by atoms with Gasteiger partial charge in [0.1, 0.15) is 18.2 Å². The number of aromatic nitrogens is 2. The van der Waals surface area contributed by atoms with Crippen LogP contribution in [-0.2, 0) is 11.0 Å². The zero-order valence-corrected chi connectivity index (χ0v) is 21.7. The minimum Gasteiger partial charge on any atom is -0.315 e. The highest BCUT2D eigenvalue weighted by Gasteiger charge is 2.30. The second kappa shape index (κ2) is 12.0. The SMILES string of the molecule is CC(C)CN(CC(=O)Nc1cc(-c2ccccc2)nn1-c1ccc(F)cc1)C(=O)Nc1ccc(C(F)(F)F)cc1. The smallest absolute Gasteiger partial charge is 0.315 e. The first-order valence-corrected chi connectivity index (χ1v) is 12.4. The fourth-order valence-electron chi connectivity index (χ4n) is 3.96. The Bertz CT molecular complexity index is 1450. The fourth-order valence-corrected chi connectivity index (χ4v) is 3.96. The standard InChI is InChI=1S/C29H27F4N5O2/c1-19(2)17-37(28(40)34-23-12-8-21(9-13-23)29(31,32)33)18-27(39)35-26-16-25(20-6-4-3-5-7-20)36-38(26)24-14-10-22(30)11-15-24/h3-16,19H,17-18H2,1-2H3,(H,34,40)(H,35,39). The molecule has 3 aromatic carbocycles. The summed E-state index contributed by atoms with van der Waals surface area (Å²) < 4.78 is 53.6. The topological polar surface area (TPSA) is 79.3 Å². The van der Waals surface area contributed by atoms with Crippen LogP contribution < -0.4 is 10.6 Å². The summed E-state index contributed by atoms with van der Waals surface area (Å²) in [5.74, 6) is -0.636. The van der Waals surface area contributed by atoms with Crippen molar-refractivity contribution in [2.45, 2.75) is 20.0 Å². The highest BCUT2D eigenvalue weighted by atomic mass is 19.4. The molecule has 208 valence electrons. The summed E-state index contributed by atoms with van der Waals surface area (Å²) >= 11 is 0. The molecule has 0 saturated heterocycles. The van der Waals surface area contributed by atoms with Gasteiger partial charge in [-0.1, -0.05) is 44.2 Å². The normalized spacial score (nSPS) is 11.4. The molecule has 7 nitrogen and oxygen atoms in total. The van der Waals surface area contributed by atoms with Crippen LogP contribution >= 0.6 is 0 Å². The highest BCUT2D eigenvalue weighted by molar-refractivity contribution is 5.97. The molecule has 0 aliphatic heterocycles. The first-order valence-electron chi connectivity index (χ1n) is 12.4. The van der Waals surface area contributed by atoms with Crippen molar-refractivity contribution in [1.82, 2.24) is 14.7 Å². The minimum absolute atomic E-state index is 0.000539. The number of anilines is 2. The maximum atomic E-state index is 13.5. The van der Waals surface area contributed by atoms with E-state index in [9.17, 15) is 27.2 Å². The van der Waals surface area contributed by atoms with E-state index in [0.717, 1.165) is 29.8 Å². The van der Waals surface area contributed by atoms with Crippen molar-refractivity contribution in [3.8, 4) is 16.9 Å². The van der Waals surface area contributed by atoms with E-state index in [2.05, 4.69) is 15.7 Å². The van der Waals surface area contributed by atoms with Crippen LogP contribution in [0.25, 0.3) is 16.9 Å². The lowest BCUT2D eigenvalue weighted by Crippen LogP contribution is -2.42. The molecule has 40 heavy (non-hydrogen) atoms. The van der Waals surface area contributed by atoms with Crippen molar-refractivity contribution in [2.24, 2.45) is 5.92 Å². The van der Waals surface area contributed by atoms with Gasteiger partial charge in [-0.2, -0.15) is 18.3 Å². The maximum Gasteiger partial charge on any atom is 0.416 e. The quantitative estimate of drug-likeness (QED) is 0.235. The number of alkyl halides is 3. The summed E-state index contributed by atoms with van der Waals surface area (Å²) in [7, 11) is 0. The van der Waals surface area contributed by atoms with E-state index < -0.39 is 29.5 Å². The van der Waals surface area contributed by atoms with Crippen LogP contribution in [0.2, 0.25) is 0 Å². The van der Waals surface area contributed by atoms with Crippen molar-refractivity contribution in [3.05, 3.63) is 96.3 Å². The maximum absolute atomic E-state index is 13.5. The van der Waals surface area contributed by atoms with E-state index in [-0.39, 0.29) is 24.7 Å². The Hall–Kier alpha value is -4.67. The van der Waals surface area contributed by atoms with Crippen LogP contribution in [0.1, 0.15) is 19.4 Å². The molecule has 1 aromatic heterocycles. The molecule has 0 aliphatic rings. The third kappa shape index (κ3) is 7.25. The predicted molar refractivity (Wildman–Crippen MR) is 144 cm³/mol. The van der Waals surface area contributed by atoms with Gasteiger partial charge in [-0.3, -0.25) is 4.79 Å². The first-order chi connectivity index (χ1) is 19.0. The summed E-state index contributed by atoms with van der Waals surface area (Å²) in [4.78, 5) is 27.4. The molecule has 0 atom stereocenters. The molecule has 2 N–H and O–H groups in total. The van der Waals surface area contributed by atoms with Gasteiger partial charge in [-0.15, -0.1) is 0 Å². The largest absolute Gasteiger partial charge is 0.416 e. The van der Waals surface area contributed by atoms with Crippen LogP contribution in [-0.4, -0.2) is 39.7 Å². The van der Waals surface area contributed by atoms with Crippen molar-refractivity contribution < 1.29 is 27.2 Å². The van der Waals surface area contributed by atoms with Gasteiger partial charge in [0.15, 0.2) is 0 Å². The average Bonchev–Trinajstić information content (AvgIpc) is 3.32. The average molecular weight is 554 g/mol. The zero-order chi connectivity index (χ0) is 28.9.